The first-order chi connectivity index (χ1) is 9.58. The summed E-state index contributed by atoms with van der Waals surface area (Å²) in [5.41, 5.74) is 5.21. The normalized spacial score (nSPS) is 18.1. The molecule has 0 saturated carbocycles. The van der Waals surface area contributed by atoms with Gasteiger partial charge in [0.1, 0.15) is 11.9 Å². The van der Waals surface area contributed by atoms with E-state index in [4.69, 9.17) is 10.5 Å². The number of halogens is 1. The monoisotopic (exact) mass is 278 g/mol. The van der Waals surface area contributed by atoms with Crippen molar-refractivity contribution in [2.45, 2.75) is 18.4 Å². The van der Waals surface area contributed by atoms with Crippen molar-refractivity contribution in [1.29, 1.82) is 0 Å². The van der Waals surface area contributed by atoms with Gasteiger partial charge in [0.2, 0.25) is 0 Å². The van der Waals surface area contributed by atoms with Crippen LogP contribution < -0.4 is 5.73 Å². The fourth-order valence-electron chi connectivity index (χ4n) is 2.28. The van der Waals surface area contributed by atoms with Crippen molar-refractivity contribution in [2.75, 3.05) is 18.9 Å². The number of nitrogens with zero attached hydrogens (tertiary/aromatic N) is 3. The highest BCUT2D eigenvalue weighted by Gasteiger charge is 2.34. The van der Waals surface area contributed by atoms with Gasteiger partial charge in [-0.1, -0.05) is 0 Å². The minimum atomic E-state index is -1.02. The van der Waals surface area contributed by atoms with Gasteiger partial charge in [-0.25, -0.2) is 14.4 Å². The summed E-state index contributed by atoms with van der Waals surface area (Å²) in [6.07, 6.45) is 5.35. The predicted octanol–water partition coefficient (Wildman–Crippen LogP) is 0.987. The van der Waals surface area contributed by atoms with E-state index in [1.165, 1.54) is 23.2 Å². The maximum absolute atomic E-state index is 13.8. The molecule has 3 N–H and O–H groups in total. The van der Waals surface area contributed by atoms with Crippen LogP contribution in [0, 0.1) is 5.82 Å². The molecule has 0 aromatic carbocycles. The molecule has 6 nitrogen and oxygen atoms in total. The molecule has 3 rings (SSSR count). The van der Waals surface area contributed by atoms with E-state index in [1.807, 2.05) is 0 Å². The van der Waals surface area contributed by atoms with Crippen LogP contribution in [0.3, 0.4) is 0 Å². The first-order valence-corrected chi connectivity index (χ1v) is 6.34. The van der Waals surface area contributed by atoms with Crippen LogP contribution in [0.1, 0.15) is 18.5 Å². The Morgan fingerprint density at radius 1 is 1.35 bits per heavy atom. The zero-order chi connectivity index (χ0) is 14.2. The minimum Gasteiger partial charge on any atom is -0.397 e. The largest absolute Gasteiger partial charge is 0.397 e. The molecular formula is C13H15FN4O2. The Morgan fingerprint density at radius 3 is 2.80 bits per heavy atom. The highest BCUT2D eigenvalue weighted by molar-refractivity contribution is 5.40. The van der Waals surface area contributed by atoms with Gasteiger partial charge in [0.15, 0.2) is 11.6 Å². The van der Waals surface area contributed by atoms with Crippen LogP contribution in [0.2, 0.25) is 0 Å². The average Bonchev–Trinajstić information content (AvgIpc) is 2.90. The smallest absolute Gasteiger partial charge is 0.174 e. The number of aromatic nitrogens is 3. The maximum Gasteiger partial charge on any atom is 0.174 e. The summed E-state index contributed by atoms with van der Waals surface area (Å²) in [7, 11) is 0. The van der Waals surface area contributed by atoms with Crippen LogP contribution >= 0.6 is 0 Å². The van der Waals surface area contributed by atoms with Crippen molar-refractivity contribution < 1.29 is 14.2 Å². The Morgan fingerprint density at radius 2 is 2.10 bits per heavy atom. The second kappa shape index (κ2) is 4.84. The minimum absolute atomic E-state index is 0.105. The third-order valence-electron chi connectivity index (χ3n) is 3.47. The van der Waals surface area contributed by atoms with Crippen molar-refractivity contribution in [3.05, 3.63) is 36.3 Å². The van der Waals surface area contributed by atoms with Crippen LogP contribution in [0.25, 0.3) is 5.82 Å². The van der Waals surface area contributed by atoms with Gasteiger partial charge < -0.3 is 15.6 Å². The van der Waals surface area contributed by atoms with E-state index >= 15 is 0 Å². The molecular weight excluding hydrogens is 263 g/mol. The van der Waals surface area contributed by atoms with Gasteiger partial charge in [0.25, 0.3) is 0 Å². The van der Waals surface area contributed by atoms with Crippen LogP contribution in [-0.4, -0.2) is 32.9 Å². The van der Waals surface area contributed by atoms with Crippen LogP contribution in [0.5, 0.6) is 0 Å². The number of hydrogen-bond donors (Lipinski definition) is 2. The Labute approximate surface area is 115 Å². The van der Waals surface area contributed by atoms with Gasteiger partial charge in [-0.05, 0) is 0 Å². The maximum atomic E-state index is 13.8. The molecule has 0 amide bonds. The van der Waals surface area contributed by atoms with Gasteiger partial charge in [-0.3, -0.25) is 4.57 Å². The molecule has 2 aromatic rings. The summed E-state index contributed by atoms with van der Waals surface area (Å²) in [4.78, 5) is 8.12. The van der Waals surface area contributed by atoms with Gasteiger partial charge in [0, 0.05) is 38.3 Å². The molecule has 0 spiro atoms. The lowest BCUT2D eigenvalue weighted by atomic mass is 9.91. The summed E-state index contributed by atoms with van der Waals surface area (Å²) in [6, 6.07) is 1.20. The van der Waals surface area contributed by atoms with E-state index in [0.29, 0.717) is 31.7 Å². The van der Waals surface area contributed by atoms with Gasteiger partial charge in [-0.2, -0.15) is 0 Å². The number of pyridine rings is 1. The lowest BCUT2D eigenvalue weighted by Gasteiger charge is -2.30. The lowest BCUT2D eigenvalue weighted by molar-refractivity contribution is -0.0703. The molecule has 20 heavy (non-hydrogen) atoms. The Kier molecular flexibility index (Phi) is 3.15. The zero-order valence-electron chi connectivity index (χ0n) is 10.8. The molecule has 1 aliphatic rings. The van der Waals surface area contributed by atoms with E-state index in [1.54, 1.807) is 6.20 Å². The van der Waals surface area contributed by atoms with Gasteiger partial charge >= 0.3 is 0 Å². The molecule has 2 aromatic heterocycles. The molecule has 106 valence electrons. The fraction of sp³-hybridized carbons (Fsp3) is 0.385. The predicted molar refractivity (Wildman–Crippen MR) is 69.7 cm³/mol. The van der Waals surface area contributed by atoms with Crippen molar-refractivity contribution in [3.63, 3.8) is 0 Å². The van der Waals surface area contributed by atoms with Crippen molar-refractivity contribution in [2.24, 2.45) is 0 Å². The highest BCUT2D eigenvalue weighted by Crippen LogP contribution is 2.31. The average molecular weight is 278 g/mol. The van der Waals surface area contributed by atoms with Gasteiger partial charge in [-0.15, -0.1) is 0 Å². The van der Waals surface area contributed by atoms with Crippen LogP contribution in [0.4, 0.5) is 10.1 Å². The van der Waals surface area contributed by atoms with E-state index in [9.17, 15) is 9.50 Å². The van der Waals surface area contributed by atoms with Crippen LogP contribution in [0.15, 0.2) is 24.8 Å². The third-order valence-corrected chi connectivity index (χ3v) is 3.47. The van der Waals surface area contributed by atoms with Crippen molar-refractivity contribution in [1.82, 2.24) is 14.5 Å². The summed E-state index contributed by atoms with van der Waals surface area (Å²) < 4.78 is 20.5. The second-order valence-corrected chi connectivity index (χ2v) is 4.88. The Hall–Kier alpha value is -1.99. The molecule has 3 heterocycles. The zero-order valence-corrected chi connectivity index (χ0v) is 10.8. The second-order valence-electron chi connectivity index (χ2n) is 4.88. The number of aliphatic hydroxyl groups is 1. The Balaban J connectivity index is 1.93. The van der Waals surface area contributed by atoms with E-state index in [0.717, 1.165) is 0 Å². The molecule has 7 heteroatoms. The molecule has 0 aliphatic carbocycles. The van der Waals surface area contributed by atoms with Crippen molar-refractivity contribution in [3.8, 4) is 5.82 Å². The molecule has 1 fully saturated rings. The topological polar surface area (TPSA) is 86.2 Å². The number of rotatable bonds is 2. The molecule has 0 atom stereocenters. The Bertz CT molecular complexity index is 623. The number of nitrogen functional groups attached to an aromatic ring is 1. The number of anilines is 1. The summed E-state index contributed by atoms with van der Waals surface area (Å²) >= 11 is 0. The standard InChI is InChI=1S/C13H15FN4O2/c14-10-5-9(15)6-16-12(10)18-7-11(17-8-18)13(19)1-3-20-4-2-13/h5-8,19H,1-4,15H2. The SMILES string of the molecule is Nc1cnc(-n2cnc(C3(O)CCOCC3)c2)c(F)c1. The van der Waals surface area contributed by atoms with Crippen LogP contribution in [-0.2, 0) is 10.3 Å². The number of imidazole rings is 1. The summed E-state index contributed by atoms with van der Waals surface area (Å²) in [5.74, 6) is -0.429. The number of nitrogens with two attached hydrogens (primary N) is 1. The first kappa shape index (κ1) is 13.0. The molecule has 1 aliphatic heterocycles. The van der Waals surface area contributed by atoms with E-state index in [2.05, 4.69) is 9.97 Å². The van der Waals surface area contributed by atoms with Gasteiger partial charge in [0.05, 0.1) is 17.6 Å². The van der Waals surface area contributed by atoms with E-state index < -0.39 is 11.4 Å². The fourth-order valence-corrected chi connectivity index (χ4v) is 2.28. The molecule has 1 saturated heterocycles. The van der Waals surface area contributed by atoms with E-state index in [-0.39, 0.29) is 11.5 Å². The first-order valence-electron chi connectivity index (χ1n) is 6.34. The number of ether oxygens (including phenoxy) is 1. The summed E-state index contributed by atoms with van der Waals surface area (Å²) in [5, 5.41) is 10.5. The quantitative estimate of drug-likeness (QED) is 0.855. The summed E-state index contributed by atoms with van der Waals surface area (Å²) in [6.45, 7) is 0.968. The molecule has 0 unspecified atom stereocenters. The lowest BCUT2D eigenvalue weighted by Crippen LogP contribution is -2.33. The number of hydrogen-bond acceptors (Lipinski definition) is 5. The molecule has 0 radical (unpaired) electrons. The van der Waals surface area contributed by atoms with Crippen molar-refractivity contribution >= 4 is 5.69 Å². The highest BCUT2D eigenvalue weighted by atomic mass is 19.1. The third kappa shape index (κ3) is 2.25. The molecule has 0 bridgehead atoms.